The molecule has 1 unspecified atom stereocenters. The van der Waals surface area contributed by atoms with E-state index >= 15 is 0 Å². The molecule has 3 rings (SSSR count). The predicted molar refractivity (Wildman–Crippen MR) is 101 cm³/mol. The molecule has 140 valence electrons. The third-order valence-corrected chi connectivity index (χ3v) is 4.28. The van der Waals surface area contributed by atoms with Crippen molar-refractivity contribution in [1.29, 1.82) is 0 Å². The smallest absolute Gasteiger partial charge is 0.254 e. The zero-order chi connectivity index (χ0) is 19.2. The Morgan fingerprint density at radius 1 is 1.44 bits per heavy atom. The van der Waals surface area contributed by atoms with Crippen LogP contribution in [0, 0.1) is 12.3 Å². The average molecular weight is 387 g/mol. The molecule has 1 aliphatic rings. The lowest BCUT2D eigenvalue weighted by Crippen LogP contribution is -2.47. The number of rotatable bonds is 5. The molecule has 0 saturated carbocycles. The monoisotopic (exact) mass is 386 g/mol. The van der Waals surface area contributed by atoms with Crippen LogP contribution in [0.15, 0.2) is 36.4 Å². The Bertz CT molecular complexity index is 865. The first-order valence-corrected chi connectivity index (χ1v) is 8.79. The van der Waals surface area contributed by atoms with E-state index in [2.05, 4.69) is 10.9 Å². The van der Waals surface area contributed by atoms with Crippen LogP contribution in [0.5, 0.6) is 11.6 Å². The van der Waals surface area contributed by atoms with Gasteiger partial charge in [0.25, 0.3) is 5.91 Å². The summed E-state index contributed by atoms with van der Waals surface area (Å²) in [5.74, 6) is 3.38. The summed E-state index contributed by atoms with van der Waals surface area (Å²) in [5.41, 5.74) is 1.17. The van der Waals surface area contributed by atoms with Crippen LogP contribution < -0.4 is 9.47 Å². The molecule has 0 radical (unpaired) electrons. The first kappa shape index (κ1) is 19.0. The van der Waals surface area contributed by atoms with Gasteiger partial charge >= 0.3 is 0 Å². The van der Waals surface area contributed by atoms with Gasteiger partial charge in [0.15, 0.2) is 0 Å². The lowest BCUT2D eigenvalue weighted by molar-refractivity contribution is -0.0401. The van der Waals surface area contributed by atoms with E-state index < -0.39 is 0 Å². The maximum Gasteiger partial charge on any atom is 0.254 e. The number of terminal acetylenes is 1. The first-order chi connectivity index (χ1) is 13.1. The molecule has 1 saturated heterocycles. The van der Waals surface area contributed by atoms with Crippen molar-refractivity contribution in [2.24, 2.45) is 0 Å². The highest BCUT2D eigenvalue weighted by Crippen LogP contribution is 2.19. The van der Waals surface area contributed by atoms with Crippen LogP contribution in [0.2, 0.25) is 5.15 Å². The second-order valence-corrected chi connectivity index (χ2v) is 6.34. The van der Waals surface area contributed by atoms with Gasteiger partial charge in [-0.1, -0.05) is 23.6 Å². The molecular weight excluding hydrogens is 368 g/mol. The molecule has 7 heteroatoms. The Hall–Kier alpha value is -2.75. The van der Waals surface area contributed by atoms with Crippen LogP contribution in [0.25, 0.3) is 0 Å². The van der Waals surface area contributed by atoms with E-state index in [1.807, 2.05) is 18.2 Å². The van der Waals surface area contributed by atoms with Crippen molar-refractivity contribution < 1.29 is 19.0 Å². The molecular formula is C20H19ClN2O4. The van der Waals surface area contributed by atoms with Crippen molar-refractivity contribution >= 4 is 17.5 Å². The van der Waals surface area contributed by atoms with E-state index in [0.29, 0.717) is 43.5 Å². The average Bonchev–Trinajstić information content (AvgIpc) is 2.71. The van der Waals surface area contributed by atoms with Gasteiger partial charge in [0.05, 0.1) is 20.3 Å². The standard InChI is InChI=1S/C20H19ClN2O4/c1-3-14-5-4-6-16(9-14)27-13-17-12-23(7-8-26-17)20(24)15-10-18(21)22-19(11-15)25-2/h1,4-6,9-11,17H,7-8,12-13H2,2H3. The molecule has 0 spiro atoms. The van der Waals surface area contributed by atoms with E-state index in [9.17, 15) is 4.79 Å². The molecule has 1 fully saturated rings. The van der Waals surface area contributed by atoms with Gasteiger partial charge in [-0.25, -0.2) is 4.98 Å². The van der Waals surface area contributed by atoms with E-state index in [-0.39, 0.29) is 17.2 Å². The maximum atomic E-state index is 12.8. The van der Waals surface area contributed by atoms with Gasteiger partial charge < -0.3 is 19.1 Å². The van der Waals surface area contributed by atoms with Gasteiger partial charge in [-0.15, -0.1) is 6.42 Å². The minimum atomic E-state index is -0.239. The van der Waals surface area contributed by atoms with Gasteiger partial charge in [0.1, 0.15) is 23.6 Å². The molecule has 1 atom stereocenters. The number of methoxy groups -OCH3 is 1. The number of ether oxygens (including phenoxy) is 3. The zero-order valence-electron chi connectivity index (χ0n) is 14.9. The molecule has 1 aromatic heterocycles. The largest absolute Gasteiger partial charge is 0.491 e. The van der Waals surface area contributed by atoms with E-state index in [1.54, 1.807) is 17.0 Å². The summed E-state index contributed by atoms with van der Waals surface area (Å²) in [6.07, 6.45) is 5.16. The Balaban J connectivity index is 1.62. The second-order valence-electron chi connectivity index (χ2n) is 5.95. The van der Waals surface area contributed by atoms with Crippen molar-refractivity contribution in [1.82, 2.24) is 9.88 Å². The number of hydrogen-bond acceptors (Lipinski definition) is 5. The van der Waals surface area contributed by atoms with Crippen LogP contribution in [-0.4, -0.2) is 55.3 Å². The summed E-state index contributed by atoms with van der Waals surface area (Å²) in [7, 11) is 1.48. The highest BCUT2D eigenvalue weighted by atomic mass is 35.5. The fraction of sp³-hybridized carbons (Fsp3) is 0.300. The third kappa shape index (κ3) is 4.91. The first-order valence-electron chi connectivity index (χ1n) is 8.41. The van der Waals surface area contributed by atoms with Gasteiger partial charge in [-0.3, -0.25) is 4.79 Å². The summed E-state index contributed by atoms with van der Waals surface area (Å²) in [4.78, 5) is 18.5. The number of carbonyl (C=O) groups excluding carboxylic acids is 1. The Labute approximate surface area is 163 Å². The lowest BCUT2D eigenvalue weighted by Gasteiger charge is -2.33. The minimum absolute atomic E-state index is 0.153. The van der Waals surface area contributed by atoms with Crippen LogP contribution in [0.3, 0.4) is 0 Å². The summed E-state index contributed by atoms with van der Waals surface area (Å²) in [6, 6.07) is 10.4. The number of benzene rings is 1. The van der Waals surface area contributed by atoms with Crippen LogP contribution >= 0.6 is 11.6 Å². The molecule has 1 aromatic carbocycles. The molecule has 27 heavy (non-hydrogen) atoms. The highest BCUT2D eigenvalue weighted by Gasteiger charge is 2.26. The SMILES string of the molecule is C#Cc1cccc(OCC2CN(C(=O)c3cc(Cl)nc(OC)c3)CCO2)c1. The molecule has 2 aromatic rings. The van der Waals surface area contributed by atoms with Crippen LogP contribution in [0.4, 0.5) is 0 Å². The zero-order valence-corrected chi connectivity index (χ0v) is 15.6. The Kier molecular flexibility index (Phi) is 6.17. The van der Waals surface area contributed by atoms with Gasteiger partial charge in [-0.05, 0) is 24.3 Å². The normalized spacial score (nSPS) is 16.5. The van der Waals surface area contributed by atoms with Gasteiger partial charge in [-0.2, -0.15) is 0 Å². The van der Waals surface area contributed by atoms with Crippen molar-refractivity contribution in [3.05, 3.63) is 52.7 Å². The van der Waals surface area contributed by atoms with Crippen molar-refractivity contribution in [3.63, 3.8) is 0 Å². The molecule has 2 heterocycles. The topological polar surface area (TPSA) is 60.9 Å². The highest BCUT2D eigenvalue weighted by molar-refractivity contribution is 6.29. The number of amides is 1. The summed E-state index contributed by atoms with van der Waals surface area (Å²) in [5, 5.41) is 0.208. The Morgan fingerprint density at radius 3 is 3.07 bits per heavy atom. The fourth-order valence-corrected chi connectivity index (χ4v) is 2.95. The Morgan fingerprint density at radius 2 is 2.30 bits per heavy atom. The van der Waals surface area contributed by atoms with Crippen molar-refractivity contribution in [3.8, 4) is 24.0 Å². The van der Waals surface area contributed by atoms with Crippen LogP contribution in [-0.2, 0) is 4.74 Å². The quantitative estimate of drug-likeness (QED) is 0.584. The number of carbonyl (C=O) groups is 1. The summed E-state index contributed by atoms with van der Waals surface area (Å²) in [6.45, 7) is 1.65. The van der Waals surface area contributed by atoms with Crippen molar-refractivity contribution in [2.75, 3.05) is 33.4 Å². The van der Waals surface area contributed by atoms with E-state index in [1.165, 1.54) is 13.2 Å². The number of hydrogen-bond donors (Lipinski definition) is 0. The number of pyridine rings is 1. The predicted octanol–water partition coefficient (Wildman–Crippen LogP) is 2.64. The van der Waals surface area contributed by atoms with E-state index in [0.717, 1.165) is 5.56 Å². The minimum Gasteiger partial charge on any atom is -0.491 e. The number of morpholine rings is 1. The maximum absolute atomic E-state index is 12.8. The van der Waals surface area contributed by atoms with Crippen LogP contribution in [0.1, 0.15) is 15.9 Å². The summed E-state index contributed by atoms with van der Waals surface area (Å²) < 4.78 is 16.6. The lowest BCUT2D eigenvalue weighted by atomic mass is 10.2. The number of aromatic nitrogens is 1. The molecule has 1 aliphatic heterocycles. The number of nitrogens with zero attached hydrogens (tertiary/aromatic N) is 2. The molecule has 1 amide bonds. The number of halogens is 1. The second kappa shape index (κ2) is 8.76. The van der Waals surface area contributed by atoms with Crippen molar-refractivity contribution in [2.45, 2.75) is 6.10 Å². The molecule has 0 aliphatic carbocycles. The van der Waals surface area contributed by atoms with Gasteiger partial charge in [0, 0.05) is 23.7 Å². The molecule has 6 nitrogen and oxygen atoms in total. The fourth-order valence-electron chi connectivity index (χ4n) is 2.75. The third-order valence-electron chi connectivity index (χ3n) is 4.09. The van der Waals surface area contributed by atoms with Gasteiger partial charge in [0.2, 0.25) is 5.88 Å². The molecule has 0 N–H and O–H groups in total. The van der Waals surface area contributed by atoms with E-state index in [4.69, 9.17) is 32.2 Å². The molecule has 0 bridgehead atoms. The summed E-state index contributed by atoms with van der Waals surface area (Å²) >= 11 is 5.96.